The number of nitrogens with zero attached hydrogens (tertiary/aromatic N) is 2. The highest BCUT2D eigenvalue weighted by Crippen LogP contribution is 2.30. The van der Waals surface area contributed by atoms with Gasteiger partial charge < -0.3 is 10.3 Å². The van der Waals surface area contributed by atoms with E-state index in [0.717, 1.165) is 28.7 Å². The Hall–Kier alpha value is -1.16. The molecule has 4 heteroatoms. The van der Waals surface area contributed by atoms with Gasteiger partial charge in [-0.05, 0) is 18.2 Å². The molecule has 0 bridgehead atoms. The largest absolute Gasteiger partial charge is 0.399 e. The molecule has 66 valence electrons. The SMILES string of the molecule is Nc1ccc2c(c1)nc1n2CCS1. The molecule has 0 fully saturated rings. The molecule has 2 heterocycles. The molecule has 2 N–H and O–H groups in total. The van der Waals surface area contributed by atoms with Crippen LogP contribution in [0.3, 0.4) is 0 Å². The molecule has 1 aliphatic rings. The number of benzene rings is 1. The Labute approximate surface area is 79.9 Å². The Balaban J connectivity index is 2.38. The maximum Gasteiger partial charge on any atom is 0.169 e. The van der Waals surface area contributed by atoms with Crippen LogP contribution in [0.2, 0.25) is 0 Å². The number of thioether (sulfide) groups is 1. The van der Waals surface area contributed by atoms with Gasteiger partial charge in [-0.2, -0.15) is 0 Å². The smallest absolute Gasteiger partial charge is 0.169 e. The van der Waals surface area contributed by atoms with Crippen molar-refractivity contribution in [2.24, 2.45) is 0 Å². The van der Waals surface area contributed by atoms with Crippen molar-refractivity contribution >= 4 is 28.5 Å². The molecule has 2 aromatic rings. The quantitative estimate of drug-likeness (QED) is 0.645. The number of nitrogen functional groups attached to an aromatic ring is 1. The Morgan fingerprint density at radius 2 is 2.38 bits per heavy atom. The number of rotatable bonds is 0. The molecule has 1 aliphatic heterocycles. The molecule has 0 radical (unpaired) electrons. The number of aromatic nitrogens is 2. The van der Waals surface area contributed by atoms with Gasteiger partial charge >= 0.3 is 0 Å². The number of anilines is 1. The van der Waals surface area contributed by atoms with E-state index in [0.29, 0.717) is 0 Å². The van der Waals surface area contributed by atoms with Crippen molar-refractivity contribution in [3.63, 3.8) is 0 Å². The lowest BCUT2D eigenvalue weighted by molar-refractivity contribution is 0.743. The fourth-order valence-corrected chi connectivity index (χ4v) is 2.64. The van der Waals surface area contributed by atoms with E-state index in [1.807, 2.05) is 30.0 Å². The maximum atomic E-state index is 5.69. The van der Waals surface area contributed by atoms with Crippen LogP contribution < -0.4 is 5.73 Å². The molecule has 0 unspecified atom stereocenters. The lowest BCUT2D eigenvalue weighted by Gasteiger charge is -1.97. The summed E-state index contributed by atoms with van der Waals surface area (Å²) in [6.07, 6.45) is 0. The molecular formula is C9H9N3S. The predicted octanol–water partition coefficient (Wildman–Crippen LogP) is 1.72. The van der Waals surface area contributed by atoms with E-state index in [1.54, 1.807) is 0 Å². The second-order valence-electron chi connectivity index (χ2n) is 3.14. The summed E-state index contributed by atoms with van der Waals surface area (Å²) in [4.78, 5) is 4.50. The van der Waals surface area contributed by atoms with Gasteiger partial charge in [0.2, 0.25) is 0 Å². The van der Waals surface area contributed by atoms with Crippen LogP contribution in [0.4, 0.5) is 5.69 Å². The average Bonchev–Trinajstić information content (AvgIpc) is 2.62. The van der Waals surface area contributed by atoms with Gasteiger partial charge in [0.05, 0.1) is 11.0 Å². The zero-order valence-corrected chi connectivity index (χ0v) is 7.84. The molecule has 0 amide bonds. The highest BCUT2D eigenvalue weighted by atomic mass is 32.2. The minimum atomic E-state index is 0.786. The van der Waals surface area contributed by atoms with Crippen LogP contribution in [0.5, 0.6) is 0 Å². The first-order valence-corrected chi connectivity index (χ1v) is 5.22. The average molecular weight is 191 g/mol. The molecular weight excluding hydrogens is 182 g/mol. The minimum Gasteiger partial charge on any atom is -0.399 e. The van der Waals surface area contributed by atoms with Crippen LogP contribution in [0.25, 0.3) is 11.0 Å². The monoisotopic (exact) mass is 191 g/mol. The van der Waals surface area contributed by atoms with E-state index >= 15 is 0 Å². The summed E-state index contributed by atoms with van der Waals surface area (Å²) in [5, 5.41) is 1.13. The molecule has 0 saturated carbocycles. The van der Waals surface area contributed by atoms with Crippen LogP contribution >= 0.6 is 11.8 Å². The molecule has 0 spiro atoms. The Morgan fingerprint density at radius 3 is 3.31 bits per heavy atom. The van der Waals surface area contributed by atoms with Crippen LogP contribution in [-0.4, -0.2) is 15.3 Å². The van der Waals surface area contributed by atoms with Crippen molar-refractivity contribution in [2.45, 2.75) is 11.7 Å². The molecule has 0 saturated heterocycles. The number of aryl methyl sites for hydroxylation is 1. The van der Waals surface area contributed by atoms with Gasteiger partial charge in [0, 0.05) is 18.0 Å². The molecule has 1 aromatic carbocycles. The Kier molecular flexibility index (Phi) is 1.35. The van der Waals surface area contributed by atoms with E-state index in [4.69, 9.17) is 5.73 Å². The first-order chi connectivity index (χ1) is 6.34. The standard InChI is InChI=1S/C9H9N3S/c10-6-1-2-8-7(5-6)11-9-12(8)3-4-13-9/h1-2,5H,3-4,10H2. The molecule has 3 rings (SSSR count). The third kappa shape index (κ3) is 0.951. The van der Waals surface area contributed by atoms with Crippen molar-refractivity contribution in [3.8, 4) is 0 Å². The van der Waals surface area contributed by atoms with Gasteiger partial charge in [0.25, 0.3) is 0 Å². The van der Waals surface area contributed by atoms with Crippen LogP contribution in [0.15, 0.2) is 23.4 Å². The van der Waals surface area contributed by atoms with Gasteiger partial charge in [-0.25, -0.2) is 4.98 Å². The van der Waals surface area contributed by atoms with Crippen LogP contribution in [0.1, 0.15) is 0 Å². The van der Waals surface area contributed by atoms with Crippen LogP contribution in [0, 0.1) is 0 Å². The fourth-order valence-electron chi connectivity index (χ4n) is 1.68. The second kappa shape index (κ2) is 2.42. The molecule has 0 aliphatic carbocycles. The van der Waals surface area contributed by atoms with E-state index in [2.05, 4.69) is 9.55 Å². The lowest BCUT2D eigenvalue weighted by Crippen LogP contribution is -1.92. The van der Waals surface area contributed by atoms with E-state index < -0.39 is 0 Å². The Morgan fingerprint density at radius 1 is 1.46 bits per heavy atom. The van der Waals surface area contributed by atoms with Crippen LogP contribution in [-0.2, 0) is 6.54 Å². The van der Waals surface area contributed by atoms with E-state index in [9.17, 15) is 0 Å². The van der Waals surface area contributed by atoms with Crippen molar-refractivity contribution in [1.29, 1.82) is 0 Å². The van der Waals surface area contributed by atoms with Gasteiger partial charge in [0.1, 0.15) is 0 Å². The zero-order chi connectivity index (χ0) is 8.84. The first kappa shape index (κ1) is 7.26. The number of hydrogen-bond donors (Lipinski definition) is 1. The highest BCUT2D eigenvalue weighted by Gasteiger charge is 2.16. The summed E-state index contributed by atoms with van der Waals surface area (Å²) in [7, 11) is 0. The summed E-state index contributed by atoms with van der Waals surface area (Å²) < 4.78 is 2.25. The lowest BCUT2D eigenvalue weighted by atomic mass is 10.3. The molecule has 0 atom stereocenters. The number of hydrogen-bond acceptors (Lipinski definition) is 3. The third-order valence-electron chi connectivity index (χ3n) is 2.28. The van der Waals surface area contributed by atoms with Crippen molar-refractivity contribution in [1.82, 2.24) is 9.55 Å². The highest BCUT2D eigenvalue weighted by molar-refractivity contribution is 7.99. The fraction of sp³-hybridized carbons (Fsp3) is 0.222. The topological polar surface area (TPSA) is 43.8 Å². The van der Waals surface area contributed by atoms with E-state index in [-0.39, 0.29) is 0 Å². The molecule has 13 heavy (non-hydrogen) atoms. The van der Waals surface area contributed by atoms with Crippen molar-refractivity contribution < 1.29 is 0 Å². The summed E-state index contributed by atoms with van der Waals surface area (Å²) in [6.45, 7) is 1.07. The number of fused-ring (bicyclic) bond motifs is 3. The summed E-state index contributed by atoms with van der Waals surface area (Å²) in [5.74, 6) is 1.14. The predicted molar refractivity (Wildman–Crippen MR) is 54.9 cm³/mol. The zero-order valence-electron chi connectivity index (χ0n) is 7.03. The van der Waals surface area contributed by atoms with Crippen molar-refractivity contribution in [3.05, 3.63) is 18.2 Å². The minimum absolute atomic E-state index is 0.786. The normalized spacial score (nSPS) is 15.1. The van der Waals surface area contributed by atoms with Crippen molar-refractivity contribution in [2.75, 3.05) is 11.5 Å². The Bertz CT molecular complexity index is 475. The summed E-state index contributed by atoms with van der Waals surface area (Å²) in [5.41, 5.74) is 8.69. The number of nitrogens with two attached hydrogens (primary N) is 1. The summed E-state index contributed by atoms with van der Waals surface area (Å²) in [6, 6.07) is 5.91. The second-order valence-corrected chi connectivity index (χ2v) is 4.20. The summed E-state index contributed by atoms with van der Waals surface area (Å²) >= 11 is 1.81. The number of imidazole rings is 1. The van der Waals surface area contributed by atoms with Gasteiger partial charge in [-0.3, -0.25) is 0 Å². The molecule has 3 nitrogen and oxygen atoms in total. The molecule has 1 aromatic heterocycles. The van der Waals surface area contributed by atoms with Gasteiger partial charge in [0.15, 0.2) is 5.16 Å². The van der Waals surface area contributed by atoms with Gasteiger partial charge in [-0.15, -0.1) is 0 Å². The maximum absolute atomic E-state index is 5.69. The first-order valence-electron chi connectivity index (χ1n) is 4.23. The van der Waals surface area contributed by atoms with E-state index in [1.165, 1.54) is 5.52 Å². The van der Waals surface area contributed by atoms with Gasteiger partial charge in [-0.1, -0.05) is 11.8 Å². The third-order valence-corrected chi connectivity index (χ3v) is 3.24.